The van der Waals surface area contributed by atoms with Crippen molar-refractivity contribution in [1.29, 1.82) is 0 Å². The Morgan fingerprint density at radius 1 is 0.545 bits per heavy atom. The molecule has 2 N–H and O–H groups in total. The predicted octanol–water partition coefficient (Wildman–Crippen LogP) is 6.13. The Bertz CT molecular complexity index is 1230. The lowest BCUT2D eigenvalue weighted by atomic mass is 10.2. The van der Waals surface area contributed by atoms with Crippen LogP contribution in [0.15, 0.2) is 86.0 Å². The highest BCUT2D eigenvalue weighted by atomic mass is 16.5. The Labute approximate surface area is 257 Å². The monoisotopic (exact) mass is 608 g/mol. The summed E-state index contributed by atoms with van der Waals surface area (Å²) in [4.78, 5) is 42.4. The molecule has 236 valence electrons. The van der Waals surface area contributed by atoms with Crippen LogP contribution in [0.5, 0.6) is 11.5 Å². The molecule has 0 aliphatic heterocycles. The Morgan fingerprint density at radius 2 is 0.886 bits per heavy atom. The molecule has 0 radical (unpaired) electrons. The highest BCUT2D eigenvalue weighted by Gasteiger charge is 1.99. The van der Waals surface area contributed by atoms with Crippen LogP contribution in [-0.4, -0.2) is 60.5 Å². The lowest BCUT2D eigenvalue weighted by Crippen LogP contribution is -2.04. The Morgan fingerprint density at radius 3 is 1.25 bits per heavy atom. The molecule has 0 saturated carbocycles. The molecule has 0 amide bonds. The first-order valence-corrected chi connectivity index (χ1v) is 14.1. The van der Waals surface area contributed by atoms with Gasteiger partial charge in [-0.2, -0.15) is 0 Å². The number of unbranched alkanes of at least 4 members (excludes halogenated alkanes) is 4. The first kappa shape index (κ1) is 36.9. The second-order valence-electron chi connectivity index (χ2n) is 9.04. The summed E-state index contributed by atoms with van der Waals surface area (Å²) in [5.74, 6) is -1.27. The van der Waals surface area contributed by atoms with E-state index in [1.807, 2.05) is 24.3 Å². The molecule has 0 heterocycles. The molecule has 2 aromatic carbocycles. The fraction of sp³-hybridized carbons (Fsp3) is 0.294. The zero-order valence-electron chi connectivity index (χ0n) is 24.7. The summed E-state index contributed by atoms with van der Waals surface area (Å²) in [5, 5.41) is 17.1. The van der Waals surface area contributed by atoms with E-state index in [2.05, 4.69) is 13.2 Å². The molecule has 0 fully saturated rings. The Kier molecular flexibility index (Phi) is 19.7. The quantitative estimate of drug-likeness (QED) is 0.102. The van der Waals surface area contributed by atoms with Gasteiger partial charge in [0.2, 0.25) is 0 Å². The van der Waals surface area contributed by atoms with E-state index in [4.69, 9.17) is 29.2 Å². The number of hydrogen-bond acceptors (Lipinski definition) is 8. The topological polar surface area (TPSA) is 146 Å². The van der Waals surface area contributed by atoms with Crippen molar-refractivity contribution in [3.8, 4) is 11.5 Å². The number of rotatable bonds is 20. The molecule has 0 bridgehead atoms. The van der Waals surface area contributed by atoms with Crippen molar-refractivity contribution in [2.24, 2.45) is 0 Å². The fourth-order valence-corrected chi connectivity index (χ4v) is 3.29. The van der Waals surface area contributed by atoms with E-state index in [1.54, 1.807) is 24.3 Å². The van der Waals surface area contributed by atoms with Gasteiger partial charge in [-0.15, -0.1) is 0 Å². The molecule has 0 atom stereocenters. The standard InChI is InChI=1S/C18H22O5.C16H18O5/c1-2-18(21)23-14-6-4-3-5-13-22-16-10-7-15(8-11-16)9-12-17(19)20;1-2-16(19)21-12-4-3-11-20-14-8-5-13(6-9-14)7-10-15(17)18/h2,7-12H,1,3-6,13-14H2,(H,19,20);2,5-10H,1,3-4,11-12H2,(H,17,18). The van der Waals surface area contributed by atoms with E-state index in [9.17, 15) is 19.2 Å². The van der Waals surface area contributed by atoms with Crippen LogP contribution in [0, 0.1) is 0 Å². The molecule has 10 nitrogen and oxygen atoms in total. The number of carbonyl (C=O) groups excluding carboxylic acids is 2. The van der Waals surface area contributed by atoms with Crippen molar-refractivity contribution in [3.63, 3.8) is 0 Å². The molecular formula is C34H40O10. The average molecular weight is 609 g/mol. The maximum atomic E-state index is 10.8. The maximum Gasteiger partial charge on any atom is 0.330 e. The predicted molar refractivity (Wildman–Crippen MR) is 167 cm³/mol. The summed E-state index contributed by atoms with van der Waals surface area (Å²) in [6.45, 7) is 8.57. The molecule has 0 saturated heterocycles. The number of aliphatic carboxylic acids is 2. The SMILES string of the molecule is C=CC(=O)OCCCCCCOc1ccc(C=CC(=O)O)cc1.C=CC(=O)OCCCCOc1ccc(C=CC(=O)O)cc1. The van der Waals surface area contributed by atoms with Crippen molar-refractivity contribution in [2.45, 2.75) is 38.5 Å². The van der Waals surface area contributed by atoms with Gasteiger partial charge < -0.3 is 29.2 Å². The largest absolute Gasteiger partial charge is 0.494 e. The van der Waals surface area contributed by atoms with Gasteiger partial charge in [-0.3, -0.25) is 0 Å². The molecule has 44 heavy (non-hydrogen) atoms. The van der Waals surface area contributed by atoms with Gasteiger partial charge in [-0.05, 0) is 86.1 Å². The van der Waals surface area contributed by atoms with Crippen LogP contribution in [0.3, 0.4) is 0 Å². The van der Waals surface area contributed by atoms with Crippen LogP contribution < -0.4 is 9.47 Å². The summed E-state index contributed by atoms with van der Waals surface area (Å²) in [7, 11) is 0. The Balaban J connectivity index is 0.000000442. The molecule has 0 aliphatic rings. The summed E-state index contributed by atoms with van der Waals surface area (Å²) in [6.07, 6.45) is 12.8. The molecule has 2 aromatic rings. The minimum atomic E-state index is -0.979. The van der Waals surface area contributed by atoms with Crippen LogP contribution in [0.1, 0.15) is 49.7 Å². The van der Waals surface area contributed by atoms with Gasteiger partial charge in [-0.1, -0.05) is 37.4 Å². The lowest BCUT2D eigenvalue weighted by molar-refractivity contribution is -0.138. The van der Waals surface area contributed by atoms with E-state index < -0.39 is 17.9 Å². The van der Waals surface area contributed by atoms with E-state index >= 15 is 0 Å². The van der Waals surface area contributed by atoms with Gasteiger partial charge in [-0.25, -0.2) is 19.2 Å². The van der Waals surface area contributed by atoms with Gasteiger partial charge in [0.15, 0.2) is 0 Å². The van der Waals surface area contributed by atoms with E-state index in [-0.39, 0.29) is 5.97 Å². The van der Waals surface area contributed by atoms with Crippen molar-refractivity contribution < 1.29 is 48.3 Å². The second kappa shape index (κ2) is 23.4. The summed E-state index contributed by atoms with van der Waals surface area (Å²) in [6, 6.07) is 14.4. The Hall–Kier alpha value is -5.12. The van der Waals surface area contributed by atoms with Gasteiger partial charge in [0, 0.05) is 24.3 Å². The van der Waals surface area contributed by atoms with Crippen molar-refractivity contribution in [2.75, 3.05) is 26.4 Å². The number of esters is 2. The maximum absolute atomic E-state index is 10.8. The van der Waals surface area contributed by atoms with Gasteiger partial charge in [0.05, 0.1) is 26.4 Å². The van der Waals surface area contributed by atoms with Gasteiger partial charge in [0.1, 0.15) is 11.5 Å². The summed E-state index contributed by atoms with van der Waals surface area (Å²) < 4.78 is 20.8. The van der Waals surface area contributed by atoms with Crippen LogP contribution in [-0.2, 0) is 28.7 Å². The zero-order chi connectivity index (χ0) is 32.4. The highest BCUT2D eigenvalue weighted by molar-refractivity contribution is 5.85. The van der Waals surface area contributed by atoms with Crippen LogP contribution in [0.4, 0.5) is 0 Å². The molecule has 0 aromatic heterocycles. The smallest absolute Gasteiger partial charge is 0.330 e. The number of benzene rings is 2. The van der Waals surface area contributed by atoms with Crippen molar-refractivity contribution >= 4 is 36.0 Å². The average Bonchev–Trinajstić information content (AvgIpc) is 3.03. The van der Waals surface area contributed by atoms with Crippen LogP contribution in [0.2, 0.25) is 0 Å². The third-order valence-electron chi connectivity index (χ3n) is 5.53. The first-order valence-electron chi connectivity index (χ1n) is 14.1. The molecule has 0 spiro atoms. The normalized spacial score (nSPS) is 10.4. The second-order valence-corrected chi connectivity index (χ2v) is 9.04. The van der Waals surface area contributed by atoms with E-state index in [0.29, 0.717) is 32.2 Å². The third-order valence-corrected chi connectivity index (χ3v) is 5.53. The summed E-state index contributed by atoms with van der Waals surface area (Å²) in [5.41, 5.74) is 1.61. The number of carboxylic acid groups (broad SMARTS) is 2. The molecule has 10 heteroatoms. The zero-order valence-corrected chi connectivity index (χ0v) is 24.7. The first-order chi connectivity index (χ1) is 21.2. The minimum Gasteiger partial charge on any atom is -0.494 e. The van der Waals surface area contributed by atoms with Gasteiger partial charge in [0.25, 0.3) is 0 Å². The molecule has 0 aliphatic carbocycles. The molecular weight excluding hydrogens is 568 g/mol. The minimum absolute atomic E-state index is 0.354. The van der Waals surface area contributed by atoms with E-state index in [1.165, 1.54) is 12.2 Å². The van der Waals surface area contributed by atoms with Crippen molar-refractivity contribution in [3.05, 3.63) is 97.1 Å². The molecule has 2 rings (SSSR count). The number of carboxylic acids is 2. The van der Waals surface area contributed by atoms with Crippen LogP contribution in [0.25, 0.3) is 12.2 Å². The van der Waals surface area contributed by atoms with E-state index in [0.717, 1.165) is 79.7 Å². The number of ether oxygens (including phenoxy) is 4. The highest BCUT2D eigenvalue weighted by Crippen LogP contribution is 2.15. The van der Waals surface area contributed by atoms with Crippen molar-refractivity contribution in [1.82, 2.24) is 0 Å². The summed E-state index contributed by atoms with van der Waals surface area (Å²) >= 11 is 0. The molecule has 0 unspecified atom stereocenters. The van der Waals surface area contributed by atoms with Crippen LogP contribution >= 0.6 is 0 Å². The lowest BCUT2D eigenvalue weighted by Gasteiger charge is -2.06. The number of hydrogen-bond donors (Lipinski definition) is 2. The third kappa shape index (κ3) is 19.9. The fourth-order valence-electron chi connectivity index (χ4n) is 3.29. The number of carbonyl (C=O) groups is 4. The van der Waals surface area contributed by atoms with Gasteiger partial charge >= 0.3 is 23.9 Å².